The van der Waals surface area contributed by atoms with E-state index in [0.717, 1.165) is 12.6 Å². The molecule has 0 bridgehead atoms. The summed E-state index contributed by atoms with van der Waals surface area (Å²) >= 11 is 0. The zero-order chi connectivity index (χ0) is 13.6. The van der Waals surface area contributed by atoms with Gasteiger partial charge in [-0.2, -0.15) is 0 Å². The van der Waals surface area contributed by atoms with Gasteiger partial charge in [0.1, 0.15) is 0 Å². The molecule has 1 N–H and O–H groups in total. The Labute approximate surface area is 115 Å². The molecule has 0 aliphatic heterocycles. The molecule has 0 spiro atoms. The fourth-order valence-electron chi connectivity index (χ4n) is 3.49. The summed E-state index contributed by atoms with van der Waals surface area (Å²) in [5.74, 6) is 0. The molecule has 2 atom stereocenters. The number of nitrogens with one attached hydrogen (secondary N) is 1. The van der Waals surface area contributed by atoms with Gasteiger partial charge >= 0.3 is 0 Å². The van der Waals surface area contributed by atoms with Crippen LogP contribution < -0.4 is 5.32 Å². The van der Waals surface area contributed by atoms with Gasteiger partial charge in [-0.1, -0.05) is 34.6 Å². The molecule has 108 valence electrons. The molecule has 0 aromatic rings. The summed E-state index contributed by atoms with van der Waals surface area (Å²) < 4.78 is 0. The maximum Gasteiger partial charge on any atom is 0.0274 e. The lowest BCUT2D eigenvalue weighted by Crippen LogP contribution is -2.52. The molecule has 0 aromatic heterocycles. The van der Waals surface area contributed by atoms with Gasteiger partial charge in [0.15, 0.2) is 0 Å². The lowest BCUT2D eigenvalue weighted by molar-refractivity contribution is 0.143. The number of nitrogens with zero attached hydrogens (tertiary/aromatic N) is 1. The predicted molar refractivity (Wildman–Crippen MR) is 81.0 cm³/mol. The van der Waals surface area contributed by atoms with Crippen LogP contribution in [0.1, 0.15) is 66.7 Å². The van der Waals surface area contributed by atoms with Crippen molar-refractivity contribution in [3.63, 3.8) is 0 Å². The van der Waals surface area contributed by atoms with Gasteiger partial charge in [0, 0.05) is 12.1 Å². The average molecular weight is 254 g/mol. The molecule has 2 nitrogen and oxygen atoms in total. The van der Waals surface area contributed by atoms with Crippen LogP contribution in [-0.4, -0.2) is 36.6 Å². The van der Waals surface area contributed by atoms with Gasteiger partial charge in [0.25, 0.3) is 0 Å². The van der Waals surface area contributed by atoms with E-state index in [-0.39, 0.29) is 0 Å². The Morgan fingerprint density at radius 3 is 2.17 bits per heavy atom. The van der Waals surface area contributed by atoms with E-state index in [2.05, 4.69) is 44.8 Å². The standard InChI is InChI=1S/C16H34N2/c1-6-11-17-15-14(9-10-16(15,4)5)18(12-7-2)13-8-3/h14-15,17H,6-13H2,1-5H3. The molecule has 1 aliphatic rings. The normalized spacial score (nSPS) is 27.0. The average Bonchev–Trinajstić information content (AvgIpc) is 2.62. The van der Waals surface area contributed by atoms with E-state index >= 15 is 0 Å². The minimum atomic E-state index is 0.458. The van der Waals surface area contributed by atoms with E-state index in [9.17, 15) is 0 Å². The maximum atomic E-state index is 3.83. The zero-order valence-corrected chi connectivity index (χ0v) is 13.3. The van der Waals surface area contributed by atoms with Gasteiger partial charge in [-0.25, -0.2) is 0 Å². The lowest BCUT2D eigenvalue weighted by Gasteiger charge is -2.38. The van der Waals surface area contributed by atoms with Crippen molar-refractivity contribution in [2.75, 3.05) is 19.6 Å². The van der Waals surface area contributed by atoms with Crippen molar-refractivity contribution in [3.05, 3.63) is 0 Å². The van der Waals surface area contributed by atoms with Crippen molar-refractivity contribution in [2.45, 2.75) is 78.8 Å². The smallest absolute Gasteiger partial charge is 0.0274 e. The highest BCUT2D eigenvalue weighted by Gasteiger charge is 2.43. The zero-order valence-electron chi connectivity index (χ0n) is 13.3. The first-order valence-electron chi connectivity index (χ1n) is 8.04. The fourth-order valence-corrected chi connectivity index (χ4v) is 3.49. The van der Waals surface area contributed by atoms with Gasteiger partial charge in [0.2, 0.25) is 0 Å². The van der Waals surface area contributed by atoms with Crippen LogP contribution >= 0.6 is 0 Å². The second kappa shape index (κ2) is 7.49. The van der Waals surface area contributed by atoms with Crippen LogP contribution in [0.4, 0.5) is 0 Å². The Balaban J connectivity index is 2.70. The van der Waals surface area contributed by atoms with Crippen molar-refractivity contribution >= 4 is 0 Å². The Morgan fingerprint density at radius 1 is 1.06 bits per heavy atom. The Kier molecular flexibility index (Phi) is 6.65. The SMILES string of the molecule is CCCNC1C(N(CCC)CCC)CCC1(C)C. The number of rotatable bonds is 8. The third-order valence-corrected chi connectivity index (χ3v) is 4.42. The lowest BCUT2D eigenvalue weighted by atomic mass is 9.86. The van der Waals surface area contributed by atoms with Crippen molar-refractivity contribution in [3.8, 4) is 0 Å². The molecule has 0 aromatic carbocycles. The third kappa shape index (κ3) is 3.96. The summed E-state index contributed by atoms with van der Waals surface area (Å²) in [6, 6.07) is 1.43. The minimum absolute atomic E-state index is 0.458. The molecule has 0 radical (unpaired) electrons. The Morgan fingerprint density at radius 2 is 1.67 bits per heavy atom. The van der Waals surface area contributed by atoms with Crippen LogP contribution in [0.2, 0.25) is 0 Å². The maximum absolute atomic E-state index is 3.83. The molecule has 18 heavy (non-hydrogen) atoms. The van der Waals surface area contributed by atoms with Gasteiger partial charge in [-0.3, -0.25) is 4.90 Å². The van der Waals surface area contributed by atoms with Gasteiger partial charge in [-0.05, 0) is 57.2 Å². The van der Waals surface area contributed by atoms with Crippen LogP contribution in [0.25, 0.3) is 0 Å². The molecule has 1 saturated carbocycles. The van der Waals surface area contributed by atoms with Crippen LogP contribution in [0.15, 0.2) is 0 Å². The van der Waals surface area contributed by atoms with E-state index in [1.54, 1.807) is 0 Å². The minimum Gasteiger partial charge on any atom is -0.312 e. The summed E-state index contributed by atoms with van der Waals surface area (Å²) in [5.41, 5.74) is 0.458. The molecule has 0 heterocycles. The van der Waals surface area contributed by atoms with Crippen molar-refractivity contribution in [1.82, 2.24) is 10.2 Å². The highest BCUT2D eigenvalue weighted by molar-refractivity contribution is 5.00. The van der Waals surface area contributed by atoms with Gasteiger partial charge in [0.05, 0.1) is 0 Å². The molecule has 1 aliphatic carbocycles. The summed E-state index contributed by atoms with van der Waals surface area (Å²) in [6.45, 7) is 15.4. The first-order valence-corrected chi connectivity index (χ1v) is 8.04. The molecule has 0 saturated heterocycles. The summed E-state index contributed by atoms with van der Waals surface area (Å²) in [6.07, 6.45) is 6.52. The van der Waals surface area contributed by atoms with Crippen LogP contribution in [-0.2, 0) is 0 Å². The number of hydrogen-bond acceptors (Lipinski definition) is 2. The first kappa shape index (κ1) is 16.0. The van der Waals surface area contributed by atoms with E-state index in [0.29, 0.717) is 11.5 Å². The largest absolute Gasteiger partial charge is 0.312 e. The molecule has 0 amide bonds. The summed E-state index contributed by atoms with van der Waals surface area (Å²) in [5, 5.41) is 3.83. The molecular weight excluding hydrogens is 220 g/mol. The first-order chi connectivity index (χ1) is 8.56. The van der Waals surface area contributed by atoms with Crippen molar-refractivity contribution in [1.29, 1.82) is 0 Å². The molecule has 1 fully saturated rings. The topological polar surface area (TPSA) is 15.3 Å². The molecule has 2 heteroatoms. The van der Waals surface area contributed by atoms with Crippen molar-refractivity contribution in [2.24, 2.45) is 5.41 Å². The van der Waals surface area contributed by atoms with E-state index in [1.165, 1.54) is 45.2 Å². The second-order valence-corrected chi connectivity index (χ2v) is 6.56. The van der Waals surface area contributed by atoms with E-state index in [4.69, 9.17) is 0 Å². The van der Waals surface area contributed by atoms with E-state index < -0.39 is 0 Å². The fraction of sp³-hybridized carbons (Fsp3) is 1.00. The van der Waals surface area contributed by atoms with Gasteiger partial charge in [-0.15, -0.1) is 0 Å². The van der Waals surface area contributed by atoms with Crippen LogP contribution in [0.5, 0.6) is 0 Å². The monoisotopic (exact) mass is 254 g/mol. The summed E-state index contributed by atoms with van der Waals surface area (Å²) in [4.78, 5) is 2.74. The molecule has 1 rings (SSSR count). The number of hydrogen-bond donors (Lipinski definition) is 1. The highest BCUT2D eigenvalue weighted by Crippen LogP contribution is 2.40. The van der Waals surface area contributed by atoms with Gasteiger partial charge < -0.3 is 5.32 Å². The highest BCUT2D eigenvalue weighted by atomic mass is 15.2. The molecular formula is C16H34N2. The summed E-state index contributed by atoms with van der Waals surface area (Å²) in [7, 11) is 0. The van der Waals surface area contributed by atoms with Crippen LogP contribution in [0, 0.1) is 5.41 Å². The Bertz CT molecular complexity index is 219. The quantitative estimate of drug-likeness (QED) is 0.711. The second-order valence-electron chi connectivity index (χ2n) is 6.56. The van der Waals surface area contributed by atoms with Crippen LogP contribution in [0.3, 0.4) is 0 Å². The molecule has 2 unspecified atom stereocenters. The van der Waals surface area contributed by atoms with E-state index in [1.807, 2.05) is 0 Å². The van der Waals surface area contributed by atoms with Crippen molar-refractivity contribution < 1.29 is 0 Å². The Hall–Kier alpha value is -0.0800. The predicted octanol–water partition coefficient (Wildman–Crippen LogP) is 3.67. The third-order valence-electron chi connectivity index (χ3n) is 4.42.